The van der Waals surface area contributed by atoms with E-state index in [0.29, 0.717) is 25.3 Å². The Morgan fingerprint density at radius 2 is 1.93 bits per heavy atom. The van der Waals surface area contributed by atoms with Crippen LogP contribution in [0.15, 0.2) is 29.2 Å². The summed E-state index contributed by atoms with van der Waals surface area (Å²) in [6.45, 7) is 0.340. The van der Waals surface area contributed by atoms with E-state index in [-0.39, 0.29) is 29.3 Å². The lowest BCUT2D eigenvalue weighted by molar-refractivity contribution is -0.128. The van der Waals surface area contributed by atoms with Gasteiger partial charge in [0.1, 0.15) is 11.4 Å². The van der Waals surface area contributed by atoms with E-state index in [1.54, 1.807) is 0 Å². The molecule has 2 fully saturated rings. The molecule has 6 nitrogen and oxygen atoms in total. The molecule has 1 aromatic rings. The zero-order valence-corrected chi connectivity index (χ0v) is 16.8. The fraction of sp³-hybridized carbons (Fsp3) is 0.611. The molecule has 3 rings (SSSR count). The average Bonchev–Trinajstić information content (AvgIpc) is 3.45. The average molecular weight is 420 g/mol. The number of sulfonamides is 1. The van der Waals surface area contributed by atoms with E-state index in [4.69, 9.17) is 5.73 Å². The van der Waals surface area contributed by atoms with Crippen molar-refractivity contribution in [1.29, 1.82) is 0 Å². The lowest BCUT2D eigenvalue weighted by Gasteiger charge is -2.36. The first-order valence-electron chi connectivity index (χ1n) is 9.16. The van der Waals surface area contributed by atoms with Crippen LogP contribution in [0.3, 0.4) is 0 Å². The molecule has 152 valence electrons. The largest absolute Gasteiger partial charge is 0.353 e. The molecule has 4 N–H and O–H groups in total. The van der Waals surface area contributed by atoms with Gasteiger partial charge in [0.25, 0.3) is 0 Å². The summed E-state index contributed by atoms with van der Waals surface area (Å²) >= 11 is 0. The molecule has 1 unspecified atom stereocenters. The fourth-order valence-electron chi connectivity index (χ4n) is 3.55. The van der Waals surface area contributed by atoms with Crippen molar-refractivity contribution in [2.24, 2.45) is 11.7 Å². The van der Waals surface area contributed by atoms with E-state index in [1.807, 2.05) is 0 Å². The minimum atomic E-state index is -4.01. The summed E-state index contributed by atoms with van der Waals surface area (Å²) in [7, 11) is -4.01. The molecule has 0 bridgehead atoms. The monoisotopic (exact) mass is 419 g/mol. The van der Waals surface area contributed by atoms with E-state index in [0.717, 1.165) is 38.2 Å². The number of nitrogens with two attached hydrogens (primary N) is 1. The predicted molar refractivity (Wildman–Crippen MR) is 103 cm³/mol. The van der Waals surface area contributed by atoms with Crippen LogP contribution in [0, 0.1) is 11.7 Å². The molecule has 0 radical (unpaired) electrons. The van der Waals surface area contributed by atoms with Gasteiger partial charge in [-0.1, -0.05) is 25.3 Å². The Kier molecular flexibility index (Phi) is 7.24. The summed E-state index contributed by atoms with van der Waals surface area (Å²) in [4.78, 5) is 12.7. The maximum Gasteiger partial charge on any atom is 0.241 e. The van der Waals surface area contributed by atoms with Gasteiger partial charge in [0, 0.05) is 12.6 Å². The highest BCUT2D eigenvalue weighted by Gasteiger charge is 2.43. The van der Waals surface area contributed by atoms with Crippen molar-refractivity contribution in [3.63, 3.8) is 0 Å². The van der Waals surface area contributed by atoms with Crippen LogP contribution in [0.5, 0.6) is 0 Å². The van der Waals surface area contributed by atoms with Gasteiger partial charge in [-0.15, -0.1) is 12.4 Å². The molecule has 2 aliphatic rings. The van der Waals surface area contributed by atoms with Gasteiger partial charge in [0.2, 0.25) is 15.9 Å². The van der Waals surface area contributed by atoms with Crippen molar-refractivity contribution >= 4 is 28.3 Å². The van der Waals surface area contributed by atoms with Crippen molar-refractivity contribution in [3.05, 3.63) is 30.1 Å². The third-order valence-corrected chi connectivity index (χ3v) is 6.84. The summed E-state index contributed by atoms with van der Waals surface area (Å²) in [6.07, 6.45) is 5.47. The third-order valence-electron chi connectivity index (χ3n) is 5.30. The molecule has 1 atom stereocenters. The Morgan fingerprint density at radius 1 is 1.26 bits per heavy atom. The van der Waals surface area contributed by atoms with Crippen LogP contribution in [0.2, 0.25) is 0 Å². The molecule has 27 heavy (non-hydrogen) atoms. The van der Waals surface area contributed by atoms with Gasteiger partial charge in [-0.2, -0.15) is 4.72 Å². The molecule has 0 heterocycles. The van der Waals surface area contributed by atoms with Crippen molar-refractivity contribution in [2.75, 3.05) is 6.54 Å². The highest BCUT2D eigenvalue weighted by Crippen LogP contribution is 2.32. The number of carbonyl (C=O) groups excluding carboxylic acids is 1. The topological polar surface area (TPSA) is 101 Å². The number of amides is 1. The standard InChI is InChI=1S/C18H26FN3O3S.ClH/c19-14-5-4-6-15(11-14)26(24,25)22-18(9-2-1-3-10-18)17(23)21-12-16(20)13-7-8-13;/h4-6,11,13,16,22H,1-3,7-10,12,20H2,(H,21,23);1H. The lowest BCUT2D eigenvalue weighted by Crippen LogP contribution is -2.60. The number of hydrogen-bond acceptors (Lipinski definition) is 4. The van der Waals surface area contributed by atoms with E-state index in [9.17, 15) is 17.6 Å². The van der Waals surface area contributed by atoms with E-state index in [1.165, 1.54) is 18.2 Å². The molecule has 0 aliphatic heterocycles. The number of carbonyl (C=O) groups is 1. The van der Waals surface area contributed by atoms with Crippen LogP contribution in [0.4, 0.5) is 4.39 Å². The van der Waals surface area contributed by atoms with Crippen molar-refractivity contribution in [3.8, 4) is 0 Å². The first-order chi connectivity index (χ1) is 12.3. The van der Waals surface area contributed by atoms with Crippen LogP contribution in [-0.2, 0) is 14.8 Å². The lowest BCUT2D eigenvalue weighted by atomic mass is 9.82. The number of benzene rings is 1. The van der Waals surface area contributed by atoms with Gasteiger partial charge in [-0.3, -0.25) is 4.79 Å². The molecular formula is C18H27ClFN3O3S. The number of rotatable bonds is 7. The van der Waals surface area contributed by atoms with Gasteiger partial charge < -0.3 is 11.1 Å². The van der Waals surface area contributed by atoms with Crippen LogP contribution in [0.25, 0.3) is 0 Å². The predicted octanol–water partition coefficient (Wildman–Crippen LogP) is 2.08. The van der Waals surface area contributed by atoms with Gasteiger partial charge in [0.15, 0.2) is 0 Å². The molecule has 1 aromatic carbocycles. The van der Waals surface area contributed by atoms with Gasteiger partial charge in [-0.25, -0.2) is 12.8 Å². The van der Waals surface area contributed by atoms with Crippen molar-refractivity contribution in [2.45, 2.75) is 61.4 Å². The highest BCUT2D eigenvalue weighted by molar-refractivity contribution is 7.89. The molecule has 0 spiro atoms. The fourth-order valence-corrected chi connectivity index (χ4v) is 5.01. The molecule has 0 saturated heterocycles. The molecule has 0 aromatic heterocycles. The molecular weight excluding hydrogens is 393 g/mol. The molecule has 2 saturated carbocycles. The van der Waals surface area contributed by atoms with Crippen molar-refractivity contribution in [1.82, 2.24) is 10.0 Å². The Labute approximate surface area is 165 Å². The van der Waals surface area contributed by atoms with Gasteiger partial charge in [-0.05, 0) is 49.8 Å². The Morgan fingerprint density at radius 3 is 2.52 bits per heavy atom. The van der Waals surface area contributed by atoms with E-state index >= 15 is 0 Å². The summed E-state index contributed by atoms with van der Waals surface area (Å²) in [6, 6.07) is 4.70. The smallest absolute Gasteiger partial charge is 0.241 e. The summed E-state index contributed by atoms with van der Waals surface area (Å²) in [5.74, 6) is -0.528. The maximum atomic E-state index is 13.4. The number of hydrogen-bond donors (Lipinski definition) is 3. The molecule has 9 heteroatoms. The van der Waals surface area contributed by atoms with Gasteiger partial charge in [0.05, 0.1) is 4.90 Å². The second-order valence-corrected chi connectivity index (χ2v) is 9.10. The van der Waals surface area contributed by atoms with Crippen molar-refractivity contribution < 1.29 is 17.6 Å². The quantitative estimate of drug-likeness (QED) is 0.629. The SMILES string of the molecule is Cl.NC(CNC(=O)C1(NS(=O)(=O)c2cccc(F)c2)CCCCC1)C1CC1. The first-order valence-corrected chi connectivity index (χ1v) is 10.6. The zero-order valence-electron chi connectivity index (χ0n) is 15.1. The maximum absolute atomic E-state index is 13.4. The van der Waals surface area contributed by atoms with Crippen LogP contribution in [-0.4, -0.2) is 32.5 Å². The molecule has 2 aliphatic carbocycles. The van der Waals surface area contributed by atoms with E-state index in [2.05, 4.69) is 10.0 Å². The van der Waals surface area contributed by atoms with Gasteiger partial charge >= 0.3 is 0 Å². The Hall–Kier alpha value is -1.22. The second-order valence-electron chi connectivity index (χ2n) is 7.42. The minimum absolute atomic E-state index is 0. The Bertz CT molecular complexity index is 765. The third kappa shape index (κ3) is 5.40. The number of halogens is 2. The highest BCUT2D eigenvalue weighted by atomic mass is 35.5. The first kappa shape index (κ1) is 22.1. The van der Waals surface area contributed by atoms with Crippen LogP contribution in [0.1, 0.15) is 44.9 Å². The number of nitrogens with one attached hydrogen (secondary N) is 2. The van der Waals surface area contributed by atoms with Crippen LogP contribution < -0.4 is 15.8 Å². The van der Waals surface area contributed by atoms with E-state index < -0.39 is 21.4 Å². The van der Waals surface area contributed by atoms with Crippen LogP contribution >= 0.6 is 12.4 Å². The summed E-state index contributed by atoms with van der Waals surface area (Å²) < 4.78 is 41.5. The summed E-state index contributed by atoms with van der Waals surface area (Å²) in [5.41, 5.74) is 4.84. The minimum Gasteiger partial charge on any atom is -0.353 e. The summed E-state index contributed by atoms with van der Waals surface area (Å²) in [5, 5.41) is 2.83. The zero-order chi connectivity index (χ0) is 18.8. The second kappa shape index (κ2) is 8.86. The molecule has 1 amide bonds. The Balaban J connectivity index is 0.00000261. The normalized spacial score (nSPS) is 20.4.